The van der Waals surface area contributed by atoms with Crippen molar-refractivity contribution in [3.05, 3.63) is 77.8 Å². The monoisotopic (exact) mass is 396 g/mol. The van der Waals surface area contributed by atoms with Gasteiger partial charge in [-0.1, -0.05) is 67.8 Å². The number of carbonyl (C=O) groups is 2. The Hall–Kier alpha value is -2.59. The first-order chi connectivity index (χ1) is 13.6. The van der Waals surface area contributed by atoms with Gasteiger partial charge in [0.05, 0.1) is 0 Å². The second-order valence-corrected chi connectivity index (χ2v) is 7.48. The van der Waals surface area contributed by atoms with Crippen molar-refractivity contribution in [1.29, 1.82) is 0 Å². The summed E-state index contributed by atoms with van der Waals surface area (Å²) in [6.45, 7) is 3.63. The zero-order valence-electron chi connectivity index (χ0n) is 15.8. The van der Waals surface area contributed by atoms with Crippen molar-refractivity contribution in [2.45, 2.75) is 44.2 Å². The van der Waals surface area contributed by atoms with E-state index in [4.69, 9.17) is 11.6 Å². The molecule has 0 radical (unpaired) electrons. The van der Waals surface area contributed by atoms with Gasteiger partial charge in [-0.15, -0.1) is 0 Å². The third kappa shape index (κ3) is 4.82. The molecule has 2 amide bonds. The highest BCUT2D eigenvalue weighted by Crippen LogP contribution is 2.30. The summed E-state index contributed by atoms with van der Waals surface area (Å²) >= 11 is 6.04. The molecule has 3 rings (SSSR count). The highest BCUT2D eigenvalue weighted by atomic mass is 35.5. The molecule has 146 valence electrons. The highest BCUT2D eigenvalue weighted by molar-refractivity contribution is 6.30. The average Bonchev–Trinajstić information content (AvgIpc) is 2.73. The molecule has 0 spiro atoms. The Morgan fingerprint density at radius 2 is 1.68 bits per heavy atom. The number of para-hydroxylation sites is 1. The molecule has 1 fully saturated rings. The minimum atomic E-state index is -0.799. The van der Waals surface area contributed by atoms with E-state index in [1.807, 2.05) is 30.3 Å². The van der Waals surface area contributed by atoms with E-state index in [1.54, 1.807) is 24.3 Å². The van der Waals surface area contributed by atoms with Gasteiger partial charge in [0.1, 0.15) is 6.04 Å². The van der Waals surface area contributed by atoms with Crippen LogP contribution in [0.3, 0.4) is 0 Å². The lowest BCUT2D eigenvalue weighted by Crippen LogP contribution is -2.47. The molecule has 0 bridgehead atoms. The normalized spacial score (nSPS) is 15.5. The molecule has 2 aromatic carbocycles. The lowest BCUT2D eigenvalue weighted by Gasteiger charge is -2.33. The predicted octanol–water partition coefficient (Wildman–Crippen LogP) is 5.05. The number of benzene rings is 2. The van der Waals surface area contributed by atoms with E-state index in [2.05, 4.69) is 11.9 Å². The van der Waals surface area contributed by atoms with Crippen molar-refractivity contribution < 1.29 is 9.59 Å². The lowest BCUT2D eigenvalue weighted by atomic mass is 9.94. The number of anilines is 1. The minimum Gasteiger partial charge on any atom is -0.351 e. The number of halogens is 1. The maximum Gasteiger partial charge on any atom is 0.251 e. The van der Waals surface area contributed by atoms with Crippen LogP contribution in [0.2, 0.25) is 5.02 Å². The largest absolute Gasteiger partial charge is 0.351 e. The summed E-state index contributed by atoms with van der Waals surface area (Å²) in [7, 11) is 0. The summed E-state index contributed by atoms with van der Waals surface area (Å²) in [5.41, 5.74) is 1.35. The molecule has 1 aliphatic rings. The third-order valence-electron chi connectivity index (χ3n) is 5.09. The van der Waals surface area contributed by atoms with Crippen LogP contribution in [-0.4, -0.2) is 17.9 Å². The van der Waals surface area contributed by atoms with Crippen molar-refractivity contribution in [1.82, 2.24) is 5.32 Å². The first-order valence-corrected chi connectivity index (χ1v) is 10.0. The van der Waals surface area contributed by atoms with Crippen molar-refractivity contribution in [3.8, 4) is 0 Å². The Labute approximate surface area is 171 Å². The van der Waals surface area contributed by atoms with Gasteiger partial charge in [0, 0.05) is 16.8 Å². The molecule has 1 saturated carbocycles. The Balaban J connectivity index is 1.99. The molecule has 0 aliphatic heterocycles. The minimum absolute atomic E-state index is 0.146. The first kappa shape index (κ1) is 20.2. The molecule has 4 nitrogen and oxygen atoms in total. The van der Waals surface area contributed by atoms with Gasteiger partial charge in [-0.2, -0.15) is 0 Å². The Bertz CT molecular complexity index is 814. The fraction of sp³-hybridized carbons (Fsp3) is 0.304. The van der Waals surface area contributed by atoms with Gasteiger partial charge in [0.15, 0.2) is 0 Å². The molecule has 0 aromatic heterocycles. The summed E-state index contributed by atoms with van der Waals surface area (Å²) in [5, 5.41) is 3.74. The molecule has 5 heteroatoms. The molecule has 0 saturated heterocycles. The van der Waals surface area contributed by atoms with Gasteiger partial charge >= 0.3 is 0 Å². The van der Waals surface area contributed by atoms with E-state index < -0.39 is 6.04 Å². The van der Waals surface area contributed by atoms with E-state index >= 15 is 0 Å². The van der Waals surface area contributed by atoms with Gasteiger partial charge in [-0.25, -0.2) is 0 Å². The SMILES string of the molecule is C=CC(=O)N(c1ccccc1)C(C(=O)NC1CCCCC1)c1ccc(Cl)cc1. The molecule has 2 aromatic rings. The number of carbonyl (C=O) groups excluding carboxylic acids is 2. The van der Waals surface area contributed by atoms with Gasteiger partial charge in [0.2, 0.25) is 5.91 Å². The van der Waals surface area contributed by atoms with Crippen LogP contribution in [-0.2, 0) is 9.59 Å². The van der Waals surface area contributed by atoms with Crippen LogP contribution < -0.4 is 10.2 Å². The number of hydrogen-bond donors (Lipinski definition) is 1. The molecule has 28 heavy (non-hydrogen) atoms. The fourth-order valence-corrected chi connectivity index (χ4v) is 3.81. The molecular weight excluding hydrogens is 372 g/mol. The van der Waals surface area contributed by atoms with E-state index in [-0.39, 0.29) is 17.9 Å². The Kier molecular flexibility index (Phi) is 6.88. The topological polar surface area (TPSA) is 49.4 Å². The zero-order valence-corrected chi connectivity index (χ0v) is 16.6. The number of nitrogens with zero attached hydrogens (tertiary/aromatic N) is 1. The highest BCUT2D eigenvalue weighted by Gasteiger charge is 2.33. The van der Waals surface area contributed by atoms with Crippen molar-refractivity contribution in [2.24, 2.45) is 0 Å². The van der Waals surface area contributed by atoms with Crippen LogP contribution in [0.5, 0.6) is 0 Å². The van der Waals surface area contributed by atoms with Crippen LogP contribution >= 0.6 is 11.6 Å². The third-order valence-corrected chi connectivity index (χ3v) is 5.34. The molecule has 1 unspecified atom stereocenters. The maximum absolute atomic E-state index is 13.4. The summed E-state index contributed by atoms with van der Waals surface area (Å²) in [4.78, 5) is 27.6. The van der Waals surface area contributed by atoms with E-state index in [9.17, 15) is 9.59 Å². The van der Waals surface area contributed by atoms with E-state index in [0.717, 1.165) is 25.7 Å². The van der Waals surface area contributed by atoms with Crippen molar-refractivity contribution in [2.75, 3.05) is 4.90 Å². The molecular formula is C23H25ClN2O2. The second kappa shape index (κ2) is 9.56. The molecule has 1 atom stereocenters. The van der Waals surface area contributed by atoms with Gasteiger partial charge in [-0.3, -0.25) is 14.5 Å². The van der Waals surface area contributed by atoms with E-state index in [0.29, 0.717) is 16.3 Å². The number of amides is 2. The first-order valence-electron chi connectivity index (χ1n) is 9.66. The average molecular weight is 397 g/mol. The maximum atomic E-state index is 13.4. The smallest absolute Gasteiger partial charge is 0.251 e. The lowest BCUT2D eigenvalue weighted by molar-refractivity contribution is -0.126. The van der Waals surface area contributed by atoms with Gasteiger partial charge < -0.3 is 5.32 Å². The number of hydrogen-bond acceptors (Lipinski definition) is 2. The fourth-order valence-electron chi connectivity index (χ4n) is 3.68. The molecule has 1 N–H and O–H groups in total. The second-order valence-electron chi connectivity index (χ2n) is 7.05. The predicted molar refractivity (Wildman–Crippen MR) is 113 cm³/mol. The van der Waals surface area contributed by atoms with Crippen LogP contribution in [0.25, 0.3) is 0 Å². The van der Waals surface area contributed by atoms with E-state index in [1.165, 1.54) is 17.4 Å². The molecule has 0 heterocycles. The Morgan fingerprint density at radius 3 is 2.29 bits per heavy atom. The van der Waals surface area contributed by atoms with Crippen LogP contribution in [0.15, 0.2) is 67.3 Å². The zero-order chi connectivity index (χ0) is 19.9. The van der Waals surface area contributed by atoms with Crippen molar-refractivity contribution in [3.63, 3.8) is 0 Å². The summed E-state index contributed by atoms with van der Waals surface area (Å²) < 4.78 is 0. The van der Waals surface area contributed by atoms with Crippen LogP contribution in [0.1, 0.15) is 43.7 Å². The number of nitrogens with one attached hydrogen (secondary N) is 1. The summed E-state index contributed by atoms with van der Waals surface area (Å²) in [6, 6.07) is 15.6. The summed E-state index contributed by atoms with van der Waals surface area (Å²) in [6.07, 6.45) is 6.62. The van der Waals surface area contributed by atoms with Crippen LogP contribution in [0, 0.1) is 0 Å². The van der Waals surface area contributed by atoms with Crippen LogP contribution in [0.4, 0.5) is 5.69 Å². The Morgan fingerprint density at radius 1 is 1.04 bits per heavy atom. The van der Waals surface area contributed by atoms with Gasteiger partial charge in [0.25, 0.3) is 5.91 Å². The van der Waals surface area contributed by atoms with Crippen molar-refractivity contribution >= 4 is 29.1 Å². The molecule has 1 aliphatic carbocycles. The standard InChI is InChI=1S/C23H25ClN2O2/c1-2-21(27)26(20-11-7-4-8-12-20)22(17-13-15-18(24)16-14-17)23(28)25-19-9-5-3-6-10-19/h2,4,7-8,11-16,19,22H,1,3,5-6,9-10H2,(H,25,28). The number of rotatable bonds is 6. The quantitative estimate of drug-likeness (QED) is 0.694. The summed E-state index contributed by atoms with van der Waals surface area (Å²) in [5.74, 6) is -0.516. The van der Waals surface area contributed by atoms with Gasteiger partial charge in [-0.05, 0) is 48.7 Å².